The maximum Gasteiger partial charge on any atom is 0.121 e. The Morgan fingerprint density at radius 2 is 2.25 bits per heavy atom. The lowest BCUT2D eigenvalue weighted by molar-refractivity contribution is 0.159. The van der Waals surface area contributed by atoms with Gasteiger partial charge in [0, 0.05) is 11.6 Å². The van der Waals surface area contributed by atoms with E-state index in [9.17, 15) is 0 Å². The monoisotopic (exact) mass is 217 g/mol. The van der Waals surface area contributed by atoms with Gasteiger partial charge in [-0.1, -0.05) is 12.1 Å². The number of hydrogen-bond donors (Lipinski definition) is 2. The van der Waals surface area contributed by atoms with E-state index >= 15 is 0 Å². The number of nitrogen functional groups attached to an aromatic ring is 1. The maximum absolute atomic E-state index is 5.81. The van der Waals surface area contributed by atoms with E-state index in [4.69, 9.17) is 16.2 Å². The summed E-state index contributed by atoms with van der Waals surface area (Å²) in [5.41, 5.74) is 13.4. The first kappa shape index (κ1) is 9.66. The minimum atomic E-state index is -0.157. The summed E-state index contributed by atoms with van der Waals surface area (Å²) in [4.78, 5) is 4.61. The molecular formula is C12H15N3O. The molecule has 0 bridgehead atoms. The third-order valence-corrected chi connectivity index (χ3v) is 3.37. The van der Waals surface area contributed by atoms with E-state index in [2.05, 4.69) is 11.1 Å². The first-order chi connectivity index (χ1) is 7.71. The standard InChI is InChI=1S/C12H15N3O/c13-10-3-1-2-8(4-10)12-5-9(12)6-16-7-11(14)15-12/h1-4,9H,5-7,13H2,(H2,14,15)/t9?,12-/m0/s1. The zero-order valence-electron chi connectivity index (χ0n) is 9.02. The molecule has 4 heteroatoms. The number of benzene rings is 1. The minimum absolute atomic E-state index is 0.157. The second-order valence-corrected chi connectivity index (χ2v) is 4.57. The van der Waals surface area contributed by atoms with Crippen LogP contribution in [0.15, 0.2) is 29.3 Å². The van der Waals surface area contributed by atoms with Crippen molar-refractivity contribution >= 4 is 11.5 Å². The van der Waals surface area contributed by atoms with Crippen LogP contribution in [0.3, 0.4) is 0 Å². The molecule has 1 aliphatic carbocycles. The van der Waals surface area contributed by atoms with Gasteiger partial charge in [-0.15, -0.1) is 0 Å². The van der Waals surface area contributed by atoms with Crippen LogP contribution in [0.2, 0.25) is 0 Å². The number of anilines is 1. The number of fused-ring (bicyclic) bond motifs is 1. The van der Waals surface area contributed by atoms with E-state index in [1.165, 1.54) is 0 Å². The fourth-order valence-corrected chi connectivity index (χ4v) is 2.47. The minimum Gasteiger partial charge on any atom is -0.399 e. The van der Waals surface area contributed by atoms with Gasteiger partial charge >= 0.3 is 0 Å². The third-order valence-electron chi connectivity index (χ3n) is 3.37. The van der Waals surface area contributed by atoms with E-state index in [-0.39, 0.29) is 5.54 Å². The Kier molecular flexibility index (Phi) is 1.94. The summed E-state index contributed by atoms with van der Waals surface area (Å²) in [6, 6.07) is 7.91. The summed E-state index contributed by atoms with van der Waals surface area (Å²) in [6.45, 7) is 1.18. The molecule has 1 aromatic rings. The zero-order valence-corrected chi connectivity index (χ0v) is 9.02. The predicted octanol–water partition coefficient (Wildman–Crippen LogP) is 0.871. The first-order valence-electron chi connectivity index (χ1n) is 5.49. The Hall–Kier alpha value is -1.55. The lowest BCUT2D eigenvalue weighted by atomic mass is 10.0. The molecule has 1 aliphatic heterocycles. The van der Waals surface area contributed by atoms with Crippen LogP contribution >= 0.6 is 0 Å². The van der Waals surface area contributed by atoms with Crippen LogP contribution in [0, 0.1) is 5.92 Å². The molecule has 1 heterocycles. The molecule has 0 amide bonds. The second-order valence-electron chi connectivity index (χ2n) is 4.57. The molecule has 0 saturated heterocycles. The zero-order chi connectivity index (χ0) is 11.2. The van der Waals surface area contributed by atoms with E-state index in [1.54, 1.807) is 0 Å². The number of ether oxygens (including phenoxy) is 1. The molecule has 2 aliphatic rings. The SMILES string of the molecule is NC1=N[C@]2(c3cccc(N)c3)CC2COC1. The number of rotatable bonds is 1. The van der Waals surface area contributed by atoms with Crippen molar-refractivity contribution in [2.75, 3.05) is 18.9 Å². The van der Waals surface area contributed by atoms with Crippen molar-refractivity contribution in [2.45, 2.75) is 12.0 Å². The van der Waals surface area contributed by atoms with Gasteiger partial charge in [0.15, 0.2) is 0 Å². The summed E-state index contributed by atoms with van der Waals surface area (Å²) in [5, 5.41) is 0. The van der Waals surface area contributed by atoms with Crippen molar-refractivity contribution < 1.29 is 4.74 Å². The van der Waals surface area contributed by atoms with Crippen LogP contribution in [-0.2, 0) is 10.3 Å². The lowest BCUT2D eigenvalue weighted by Crippen LogP contribution is -2.20. The molecule has 1 fully saturated rings. The molecular weight excluding hydrogens is 202 g/mol. The fourth-order valence-electron chi connectivity index (χ4n) is 2.47. The number of aliphatic imine (C=N–C) groups is 1. The molecule has 16 heavy (non-hydrogen) atoms. The quantitative estimate of drug-likeness (QED) is 0.685. The number of nitrogens with zero attached hydrogens (tertiary/aromatic N) is 1. The van der Waals surface area contributed by atoms with E-state index in [1.807, 2.05) is 18.2 Å². The van der Waals surface area contributed by atoms with E-state index in [0.29, 0.717) is 18.4 Å². The van der Waals surface area contributed by atoms with Crippen molar-refractivity contribution in [1.82, 2.24) is 0 Å². The van der Waals surface area contributed by atoms with Crippen LogP contribution < -0.4 is 11.5 Å². The maximum atomic E-state index is 5.81. The summed E-state index contributed by atoms with van der Waals surface area (Å²) < 4.78 is 5.45. The number of nitrogens with two attached hydrogens (primary N) is 2. The van der Waals surface area contributed by atoms with Crippen LogP contribution in [-0.4, -0.2) is 19.0 Å². The van der Waals surface area contributed by atoms with Gasteiger partial charge in [-0.2, -0.15) is 0 Å². The van der Waals surface area contributed by atoms with Crippen LogP contribution in [0.25, 0.3) is 0 Å². The summed E-state index contributed by atoms with van der Waals surface area (Å²) in [5.74, 6) is 1.04. The highest BCUT2D eigenvalue weighted by Crippen LogP contribution is 2.56. The molecule has 0 radical (unpaired) electrons. The normalized spacial score (nSPS) is 32.5. The molecule has 4 nitrogen and oxygen atoms in total. The second kappa shape index (κ2) is 3.22. The van der Waals surface area contributed by atoms with E-state index < -0.39 is 0 Å². The van der Waals surface area contributed by atoms with Gasteiger partial charge in [0.1, 0.15) is 12.4 Å². The molecule has 4 N–H and O–H groups in total. The van der Waals surface area contributed by atoms with Gasteiger partial charge < -0.3 is 16.2 Å². The van der Waals surface area contributed by atoms with Crippen molar-refractivity contribution in [3.05, 3.63) is 29.8 Å². The van der Waals surface area contributed by atoms with Crippen molar-refractivity contribution in [3.63, 3.8) is 0 Å². The number of hydrogen-bond acceptors (Lipinski definition) is 4. The molecule has 0 aromatic heterocycles. The van der Waals surface area contributed by atoms with E-state index in [0.717, 1.165) is 24.3 Å². The highest BCUT2D eigenvalue weighted by atomic mass is 16.5. The predicted molar refractivity (Wildman–Crippen MR) is 63.1 cm³/mol. The summed E-state index contributed by atoms with van der Waals surface area (Å²) in [6.07, 6.45) is 1.01. The summed E-state index contributed by atoms with van der Waals surface area (Å²) in [7, 11) is 0. The summed E-state index contributed by atoms with van der Waals surface area (Å²) >= 11 is 0. The first-order valence-corrected chi connectivity index (χ1v) is 5.49. The Bertz CT molecular complexity index is 457. The van der Waals surface area contributed by atoms with Crippen LogP contribution in [0.4, 0.5) is 5.69 Å². The third kappa shape index (κ3) is 1.38. The van der Waals surface area contributed by atoms with Crippen molar-refractivity contribution in [1.29, 1.82) is 0 Å². The lowest BCUT2D eigenvalue weighted by Gasteiger charge is -2.12. The number of amidine groups is 1. The van der Waals surface area contributed by atoms with Gasteiger partial charge in [-0.25, -0.2) is 0 Å². The van der Waals surface area contributed by atoms with Crippen LogP contribution in [0.1, 0.15) is 12.0 Å². The molecule has 3 rings (SSSR count). The average Bonchev–Trinajstić information content (AvgIpc) is 2.93. The molecule has 1 unspecified atom stereocenters. The van der Waals surface area contributed by atoms with Gasteiger partial charge in [0.2, 0.25) is 0 Å². The largest absolute Gasteiger partial charge is 0.399 e. The molecule has 1 saturated carbocycles. The highest BCUT2D eigenvalue weighted by Gasteiger charge is 2.56. The van der Waals surface area contributed by atoms with Crippen molar-refractivity contribution in [2.24, 2.45) is 16.6 Å². The van der Waals surface area contributed by atoms with Gasteiger partial charge in [-0.05, 0) is 24.1 Å². The fraction of sp³-hybridized carbons (Fsp3) is 0.417. The smallest absolute Gasteiger partial charge is 0.121 e. The molecule has 84 valence electrons. The average molecular weight is 217 g/mol. The van der Waals surface area contributed by atoms with Crippen molar-refractivity contribution in [3.8, 4) is 0 Å². The van der Waals surface area contributed by atoms with Crippen LogP contribution in [0.5, 0.6) is 0 Å². The Morgan fingerprint density at radius 1 is 1.38 bits per heavy atom. The van der Waals surface area contributed by atoms with Gasteiger partial charge in [0.25, 0.3) is 0 Å². The Labute approximate surface area is 94.3 Å². The molecule has 1 aromatic carbocycles. The molecule has 2 atom stereocenters. The van der Waals surface area contributed by atoms with Gasteiger partial charge in [0.05, 0.1) is 12.1 Å². The topological polar surface area (TPSA) is 73.6 Å². The molecule has 0 spiro atoms. The highest BCUT2D eigenvalue weighted by molar-refractivity contribution is 5.82. The van der Waals surface area contributed by atoms with Gasteiger partial charge in [-0.3, -0.25) is 4.99 Å². The Morgan fingerprint density at radius 3 is 3.06 bits per heavy atom. The Balaban J connectivity index is 2.03.